The Hall–Kier alpha value is -1.89. The van der Waals surface area contributed by atoms with Crippen LogP contribution in [0.2, 0.25) is 0 Å². The lowest BCUT2D eigenvalue weighted by atomic mass is 9.68. The molecule has 0 bridgehead atoms. The summed E-state index contributed by atoms with van der Waals surface area (Å²) in [5.41, 5.74) is 3.41. The van der Waals surface area contributed by atoms with Crippen molar-refractivity contribution in [1.29, 1.82) is 0 Å². The van der Waals surface area contributed by atoms with E-state index in [0.29, 0.717) is 11.7 Å². The van der Waals surface area contributed by atoms with E-state index in [1.54, 1.807) is 0 Å². The van der Waals surface area contributed by atoms with Crippen LogP contribution in [0.1, 0.15) is 59.5 Å². The molecule has 4 rings (SSSR count). The van der Waals surface area contributed by atoms with Crippen LogP contribution in [0.15, 0.2) is 54.6 Å². The van der Waals surface area contributed by atoms with Gasteiger partial charge in [0.05, 0.1) is 0 Å². The van der Waals surface area contributed by atoms with E-state index in [9.17, 15) is 4.79 Å². The number of benzene rings is 2. The Morgan fingerprint density at radius 1 is 0.909 bits per heavy atom. The van der Waals surface area contributed by atoms with Gasteiger partial charge in [0.15, 0.2) is 5.78 Å². The summed E-state index contributed by atoms with van der Waals surface area (Å²) >= 11 is 0. The highest BCUT2D eigenvalue weighted by molar-refractivity contribution is 6.06. The maximum Gasteiger partial charge on any atom is 0.170 e. The first-order chi connectivity index (χ1) is 10.8. The van der Waals surface area contributed by atoms with Crippen molar-refractivity contribution in [3.63, 3.8) is 0 Å². The quantitative estimate of drug-likeness (QED) is 0.746. The molecule has 1 nitrogen and oxygen atoms in total. The third-order valence-electron chi connectivity index (χ3n) is 5.68. The molecule has 0 saturated heterocycles. The molecule has 2 aromatic rings. The standard InChI is InChI=1S/C21H22O/c22-20-18-12-7-6-11-17(18)19-13-5-2-8-14-21(19,20)15-16-9-3-1-4-10-16/h1,3-4,6-7,9-12,19H,2,5,8,13-15H2. The molecule has 1 saturated carbocycles. The molecule has 0 amide bonds. The molecule has 2 unspecified atom stereocenters. The van der Waals surface area contributed by atoms with Crippen LogP contribution in [0.3, 0.4) is 0 Å². The van der Waals surface area contributed by atoms with Crippen molar-refractivity contribution in [2.45, 2.75) is 44.4 Å². The summed E-state index contributed by atoms with van der Waals surface area (Å²) in [6, 6.07) is 18.9. The fraction of sp³-hybridized carbons (Fsp3) is 0.381. The molecule has 112 valence electrons. The van der Waals surface area contributed by atoms with Gasteiger partial charge < -0.3 is 0 Å². The summed E-state index contributed by atoms with van der Waals surface area (Å²) in [5.74, 6) is 0.817. The first kappa shape index (κ1) is 13.8. The number of ketones is 1. The van der Waals surface area contributed by atoms with Crippen molar-refractivity contribution in [2.24, 2.45) is 5.41 Å². The fourth-order valence-corrected chi connectivity index (χ4v) is 4.67. The Labute approximate surface area is 132 Å². The zero-order valence-corrected chi connectivity index (χ0v) is 12.9. The largest absolute Gasteiger partial charge is 0.294 e. The summed E-state index contributed by atoms with van der Waals surface area (Å²) in [6.07, 6.45) is 6.80. The van der Waals surface area contributed by atoms with Crippen molar-refractivity contribution in [2.75, 3.05) is 0 Å². The average Bonchev–Trinajstić information content (AvgIpc) is 2.70. The molecule has 0 aromatic heterocycles. The van der Waals surface area contributed by atoms with Gasteiger partial charge in [0, 0.05) is 11.0 Å². The molecule has 0 N–H and O–H groups in total. The Kier molecular flexibility index (Phi) is 3.37. The van der Waals surface area contributed by atoms with Gasteiger partial charge in [-0.3, -0.25) is 4.79 Å². The Morgan fingerprint density at radius 3 is 2.55 bits per heavy atom. The van der Waals surface area contributed by atoms with Crippen molar-refractivity contribution >= 4 is 5.78 Å². The van der Waals surface area contributed by atoms with Gasteiger partial charge in [0.1, 0.15) is 0 Å². The lowest BCUT2D eigenvalue weighted by Gasteiger charge is -2.33. The minimum atomic E-state index is -0.193. The topological polar surface area (TPSA) is 17.1 Å². The van der Waals surface area contributed by atoms with Crippen LogP contribution >= 0.6 is 0 Å². The highest BCUT2D eigenvalue weighted by Gasteiger charge is 2.52. The molecule has 0 radical (unpaired) electrons. The van der Waals surface area contributed by atoms with Gasteiger partial charge >= 0.3 is 0 Å². The lowest BCUT2D eigenvalue weighted by molar-refractivity contribution is 0.0762. The molecular formula is C21H22O. The minimum Gasteiger partial charge on any atom is -0.294 e. The van der Waals surface area contributed by atoms with E-state index >= 15 is 0 Å². The summed E-state index contributed by atoms with van der Waals surface area (Å²) in [5, 5.41) is 0. The monoisotopic (exact) mass is 290 g/mol. The third-order valence-corrected chi connectivity index (χ3v) is 5.68. The maximum absolute atomic E-state index is 13.3. The first-order valence-electron chi connectivity index (χ1n) is 8.49. The number of rotatable bonds is 2. The molecule has 2 atom stereocenters. The predicted molar refractivity (Wildman–Crippen MR) is 89.2 cm³/mol. The number of fused-ring (bicyclic) bond motifs is 3. The summed E-state index contributed by atoms with van der Waals surface area (Å²) in [4.78, 5) is 13.3. The van der Waals surface area contributed by atoms with Gasteiger partial charge in [-0.15, -0.1) is 0 Å². The SMILES string of the molecule is O=C1c2ccccc2C2CCCCCC12Cc1ccccc1. The van der Waals surface area contributed by atoms with E-state index in [2.05, 4.69) is 42.5 Å². The van der Waals surface area contributed by atoms with Crippen LogP contribution in [0.25, 0.3) is 0 Å². The molecule has 0 spiro atoms. The van der Waals surface area contributed by atoms with Gasteiger partial charge in [0.2, 0.25) is 0 Å². The lowest BCUT2D eigenvalue weighted by Crippen LogP contribution is -2.33. The summed E-state index contributed by atoms with van der Waals surface area (Å²) < 4.78 is 0. The zero-order valence-electron chi connectivity index (χ0n) is 12.9. The molecule has 2 aliphatic rings. The van der Waals surface area contributed by atoms with Crippen LogP contribution in [-0.4, -0.2) is 5.78 Å². The second-order valence-electron chi connectivity index (χ2n) is 6.89. The Morgan fingerprint density at radius 2 is 1.68 bits per heavy atom. The van der Waals surface area contributed by atoms with Crippen molar-refractivity contribution in [3.05, 3.63) is 71.3 Å². The molecule has 1 fully saturated rings. The van der Waals surface area contributed by atoms with E-state index in [1.165, 1.54) is 30.4 Å². The predicted octanol–water partition coefficient (Wildman–Crippen LogP) is 5.16. The summed E-state index contributed by atoms with van der Waals surface area (Å²) in [6.45, 7) is 0. The van der Waals surface area contributed by atoms with E-state index in [1.807, 2.05) is 12.1 Å². The Balaban J connectivity index is 1.81. The molecule has 0 aliphatic heterocycles. The summed E-state index contributed by atoms with van der Waals surface area (Å²) in [7, 11) is 0. The minimum absolute atomic E-state index is 0.193. The van der Waals surface area contributed by atoms with Crippen molar-refractivity contribution in [1.82, 2.24) is 0 Å². The third kappa shape index (κ3) is 2.03. The second kappa shape index (κ2) is 5.39. The number of carbonyl (C=O) groups excluding carboxylic acids is 1. The van der Waals surface area contributed by atoms with Crippen LogP contribution in [0, 0.1) is 5.41 Å². The van der Waals surface area contributed by atoms with Gasteiger partial charge in [-0.2, -0.15) is 0 Å². The molecule has 2 aliphatic carbocycles. The van der Waals surface area contributed by atoms with E-state index in [4.69, 9.17) is 0 Å². The first-order valence-corrected chi connectivity index (χ1v) is 8.49. The number of Topliss-reactive ketones (excluding diaryl/α,β-unsaturated/α-hetero) is 1. The molecule has 0 heterocycles. The van der Waals surface area contributed by atoms with Crippen LogP contribution < -0.4 is 0 Å². The van der Waals surface area contributed by atoms with E-state index in [-0.39, 0.29) is 5.41 Å². The Bertz CT molecular complexity index is 688. The van der Waals surface area contributed by atoms with Crippen LogP contribution in [0.4, 0.5) is 0 Å². The molecule has 2 aromatic carbocycles. The highest BCUT2D eigenvalue weighted by Crippen LogP contribution is 2.55. The number of carbonyl (C=O) groups is 1. The molecular weight excluding hydrogens is 268 g/mol. The zero-order chi connectivity index (χ0) is 15.0. The van der Waals surface area contributed by atoms with Gasteiger partial charge in [-0.05, 0) is 36.3 Å². The molecule has 22 heavy (non-hydrogen) atoms. The van der Waals surface area contributed by atoms with E-state index < -0.39 is 0 Å². The van der Waals surface area contributed by atoms with E-state index in [0.717, 1.165) is 24.8 Å². The molecule has 1 heteroatoms. The van der Waals surface area contributed by atoms with Crippen molar-refractivity contribution < 1.29 is 4.79 Å². The van der Waals surface area contributed by atoms with Crippen LogP contribution in [0.5, 0.6) is 0 Å². The van der Waals surface area contributed by atoms with Gasteiger partial charge in [-0.1, -0.05) is 73.9 Å². The smallest absolute Gasteiger partial charge is 0.170 e. The highest BCUT2D eigenvalue weighted by atomic mass is 16.1. The van der Waals surface area contributed by atoms with Gasteiger partial charge in [0.25, 0.3) is 0 Å². The normalized spacial score (nSPS) is 27.1. The number of hydrogen-bond donors (Lipinski definition) is 0. The fourth-order valence-electron chi connectivity index (χ4n) is 4.67. The maximum atomic E-state index is 13.3. The number of hydrogen-bond acceptors (Lipinski definition) is 1. The van der Waals surface area contributed by atoms with Gasteiger partial charge in [-0.25, -0.2) is 0 Å². The second-order valence-corrected chi connectivity index (χ2v) is 6.89. The van der Waals surface area contributed by atoms with Crippen LogP contribution in [-0.2, 0) is 6.42 Å². The van der Waals surface area contributed by atoms with Crippen molar-refractivity contribution in [3.8, 4) is 0 Å². The average molecular weight is 290 g/mol.